The number of carbonyl (C=O) groups excluding carboxylic acids is 2. The van der Waals surface area contributed by atoms with E-state index in [0.29, 0.717) is 10.7 Å². The number of hydrogen-bond acceptors (Lipinski definition) is 2. The zero-order valence-electron chi connectivity index (χ0n) is 10.6. The van der Waals surface area contributed by atoms with Crippen LogP contribution in [-0.4, -0.2) is 23.9 Å². The molecule has 0 aliphatic carbocycles. The highest BCUT2D eigenvalue weighted by atomic mass is 35.5. The van der Waals surface area contributed by atoms with Crippen LogP contribution in [0.5, 0.6) is 0 Å². The van der Waals surface area contributed by atoms with Crippen molar-refractivity contribution in [3.05, 3.63) is 28.8 Å². The summed E-state index contributed by atoms with van der Waals surface area (Å²) >= 11 is 6.14. The van der Waals surface area contributed by atoms with E-state index in [1.54, 1.807) is 26.0 Å². The molecular formula is C13H15ClN2O2. The molecule has 18 heavy (non-hydrogen) atoms. The summed E-state index contributed by atoms with van der Waals surface area (Å²) < 4.78 is 0. The van der Waals surface area contributed by atoms with Gasteiger partial charge in [-0.15, -0.1) is 0 Å². The number of nitrogens with zero attached hydrogens (tertiary/aromatic N) is 1. The first-order valence-electron chi connectivity index (χ1n) is 5.70. The minimum atomic E-state index is -0.899. The maximum atomic E-state index is 12.3. The molecule has 1 aliphatic rings. The van der Waals surface area contributed by atoms with Gasteiger partial charge in [0.1, 0.15) is 12.1 Å². The molecule has 2 rings (SSSR count). The Morgan fingerprint density at radius 2 is 2.00 bits per heavy atom. The highest BCUT2D eigenvalue weighted by Crippen LogP contribution is 2.29. The molecule has 0 unspecified atom stereocenters. The lowest BCUT2D eigenvalue weighted by Gasteiger charge is -2.37. The topological polar surface area (TPSA) is 49.4 Å². The molecule has 0 saturated carbocycles. The van der Waals surface area contributed by atoms with E-state index in [0.717, 1.165) is 5.56 Å². The third-order valence-electron chi connectivity index (χ3n) is 2.93. The normalized spacial score (nSPS) is 18.8. The number of piperazine rings is 1. The van der Waals surface area contributed by atoms with E-state index in [-0.39, 0.29) is 18.4 Å². The minimum absolute atomic E-state index is 0.00500. The summed E-state index contributed by atoms with van der Waals surface area (Å²) in [5.74, 6) is -0.343. The summed E-state index contributed by atoms with van der Waals surface area (Å²) in [4.78, 5) is 25.4. The molecule has 1 aromatic carbocycles. The summed E-state index contributed by atoms with van der Waals surface area (Å²) in [6.45, 7) is 5.29. The number of anilines is 1. The lowest BCUT2D eigenvalue weighted by molar-refractivity contribution is -0.134. The van der Waals surface area contributed by atoms with Crippen molar-refractivity contribution in [2.45, 2.75) is 26.3 Å². The average Bonchev–Trinajstić information content (AvgIpc) is 2.23. The minimum Gasteiger partial charge on any atom is -0.341 e. The van der Waals surface area contributed by atoms with Gasteiger partial charge in [-0.1, -0.05) is 17.7 Å². The van der Waals surface area contributed by atoms with Crippen molar-refractivity contribution in [3.8, 4) is 0 Å². The van der Waals surface area contributed by atoms with E-state index in [2.05, 4.69) is 5.32 Å². The Morgan fingerprint density at radius 1 is 1.33 bits per heavy atom. The Kier molecular flexibility index (Phi) is 3.07. The molecule has 0 aromatic heterocycles. The highest BCUT2D eigenvalue weighted by molar-refractivity contribution is 6.34. The molecule has 1 aliphatic heterocycles. The molecule has 1 aromatic rings. The van der Waals surface area contributed by atoms with Crippen molar-refractivity contribution < 1.29 is 9.59 Å². The smallest absolute Gasteiger partial charge is 0.252 e. The van der Waals surface area contributed by atoms with Gasteiger partial charge in [0.15, 0.2) is 0 Å². The number of rotatable bonds is 1. The Hall–Kier alpha value is -1.55. The number of aryl methyl sites for hydroxylation is 1. The number of benzene rings is 1. The van der Waals surface area contributed by atoms with Crippen LogP contribution in [0.25, 0.3) is 0 Å². The summed E-state index contributed by atoms with van der Waals surface area (Å²) in [5, 5.41) is 3.14. The second-order valence-corrected chi connectivity index (χ2v) is 5.43. The monoisotopic (exact) mass is 266 g/mol. The number of carbonyl (C=O) groups is 2. The van der Waals surface area contributed by atoms with Gasteiger partial charge in [0.05, 0.1) is 10.7 Å². The molecule has 0 radical (unpaired) electrons. The van der Waals surface area contributed by atoms with E-state index < -0.39 is 5.54 Å². The standard InChI is InChI=1S/C13H15ClN2O2/c1-8-4-5-10(9(14)6-8)16-7-11(17)15-13(2,3)12(16)18/h4-6H,7H2,1-3H3,(H,15,17). The van der Waals surface area contributed by atoms with Crippen LogP contribution < -0.4 is 10.2 Å². The second kappa shape index (κ2) is 4.28. The molecule has 0 spiro atoms. The molecule has 1 saturated heterocycles. The lowest BCUT2D eigenvalue weighted by atomic mass is 10.00. The number of nitrogens with one attached hydrogen (secondary N) is 1. The predicted octanol–water partition coefficient (Wildman–Crippen LogP) is 1.89. The largest absolute Gasteiger partial charge is 0.341 e. The zero-order chi connectivity index (χ0) is 13.5. The molecule has 2 amide bonds. The van der Waals surface area contributed by atoms with Crippen LogP contribution in [0.15, 0.2) is 18.2 Å². The van der Waals surface area contributed by atoms with Crippen LogP contribution >= 0.6 is 11.6 Å². The highest BCUT2D eigenvalue weighted by Gasteiger charge is 2.40. The van der Waals surface area contributed by atoms with E-state index in [4.69, 9.17) is 11.6 Å². The molecule has 1 heterocycles. The van der Waals surface area contributed by atoms with E-state index >= 15 is 0 Å². The Labute approximate surface area is 111 Å². The van der Waals surface area contributed by atoms with Gasteiger partial charge in [-0.3, -0.25) is 14.5 Å². The summed E-state index contributed by atoms with van der Waals surface area (Å²) in [6, 6.07) is 5.42. The molecule has 5 heteroatoms. The van der Waals surface area contributed by atoms with Gasteiger partial charge in [0, 0.05) is 0 Å². The van der Waals surface area contributed by atoms with Gasteiger partial charge in [0.25, 0.3) is 5.91 Å². The fraction of sp³-hybridized carbons (Fsp3) is 0.385. The molecule has 4 nitrogen and oxygen atoms in total. The van der Waals surface area contributed by atoms with Gasteiger partial charge in [-0.05, 0) is 38.5 Å². The fourth-order valence-electron chi connectivity index (χ4n) is 2.02. The van der Waals surface area contributed by atoms with Crippen molar-refractivity contribution in [3.63, 3.8) is 0 Å². The van der Waals surface area contributed by atoms with Gasteiger partial charge in [0.2, 0.25) is 5.91 Å². The van der Waals surface area contributed by atoms with E-state index in [1.807, 2.05) is 13.0 Å². The molecule has 96 valence electrons. The number of hydrogen-bond donors (Lipinski definition) is 1. The average molecular weight is 267 g/mol. The number of amides is 2. The first-order valence-corrected chi connectivity index (χ1v) is 6.08. The molecule has 1 fully saturated rings. The first-order chi connectivity index (χ1) is 8.31. The van der Waals surface area contributed by atoms with Crippen molar-refractivity contribution in [2.24, 2.45) is 0 Å². The van der Waals surface area contributed by atoms with Crippen molar-refractivity contribution in [2.75, 3.05) is 11.4 Å². The molecule has 1 N–H and O–H groups in total. The summed E-state index contributed by atoms with van der Waals surface area (Å²) in [6.07, 6.45) is 0. The van der Waals surface area contributed by atoms with Crippen LogP contribution in [0.3, 0.4) is 0 Å². The zero-order valence-corrected chi connectivity index (χ0v) is 11.3. The first kappa shape index (κ1) is 12.9. The second-order valence-electron chi connectivity index (χ2n) is 5.02. The van der Waals surface area contributed by atoms with Gasteiger partial charge in [-0.2, -0.15) is 0 Å². The lowest BCUT2D eigenvalue weighted by Crippen LogP contribution is -2.64. The van der Waals surface area contributed by atoms with E-state index in [1.165, 1.54) is 4.90 Å². The van der Waals surface area contributed by atoms with Crippen molar-refractivity contribution in [1.82, 2.24) is 5.32 Å². The maximum absolute atomic E-state index is 12.3. The van der Waals surface area contributed by atoms with Crippen LogP contribution in [0, 0.1) is 6.92 Å². The maximum Gasteiger partial charge on any atom is 0.252 e. The quantitative estimate of drug-likeness (QED) is 0.844. The van der Waals surface area contributed by atoms with Gasteiger partial charge in [-0.25, -0.2) is 0 Å². The van der Waals surface area contributed by atoms with Crippen LogP contribution in [0.2, 0.25) is 5.02 Å². The Bertz CT molecular complexity index is 526. The molecular weight excluding hydrogens is 252 g/mol. The summed E-state index contributed by atoms with van der Waals surface area (Å²) in [5.41, 5.74) is 0.691. The van der Waals surface area contributed by atoms with Crippen LogP contribution in [0.1, 0.15) is 19.4 Å². The van der Waals surface area contributed by atoms with Gasteiger partial charge < -0.3 is 5.32 Å². The van der Waals surface area contributed by atoms with Gasteiger partial charge >= 0.3 is 0 Å². The third-order valence-corrected chi connectivity index (χ3v) is 3.23. The van der Waals surface area contributed by atoms with Crippen molar-refractivity contribution in [1.29, 1.82) is 0 Å². The SMILES string of the molecule is Cc1ccc(N2CC(=O)NC(C)(C)C2=O)c(Cl)c1. The third kappa shape index (κ3) is 2.20. The Morgan fingerprint density at radius 3 is 2.61 bits per heavy atom. The number of halogens is 1. The Balaban J connectivity index is 2.43. The van der Waals surface area contributed by atoms with E-state index in [9.17, 15) is 9.59 Å². The predicted molar refractivity (Wildman–Crippen MR) is 70.8 cm³/mol. The van der Waals surface area contributed by atoms with Crippen molar-refractivity contribution >= 4 is 29.1 Å². The fourth-order valence-corrected chi connectivity index (χ4v) is 2.36. The van der Waals surface area contributed by atoms with Crippen LogP contribution in [-0.2, 0) is 9.59 Å². The van der Waals surface area contributed by atoms with Crippen LogP contribution in [0.4, 0.5) is 5.69 Å². The summed E-state index contributed by atoms with van der Waals surface area (Å²) in [7, 11) is 0. The molecule has 0 atom stereocenters. The molecule has 0 bridgehead atoms.